The second-order valence-electron chi connectivity index (χ2n) is 3.91. The molecule has 3 nitrogen and oxygen atoms in total. The maximum atomic E-state index is 4.26. The van der Waals surface area contributed by atoms with Crippen molar-refractivity contribution in [3.8, 4) is 0 Å². The van der Waals surface area contributed by atoms with Gasteiger partial charge in [0.05, 0.1) is 0 Å². The van der Waals surface area contributed by atoms with Gasteiger partial charge in [0.2, 0.25) is 5.95 Å². The summed E-state index contributed by atoms with van der Waals surface area (Å²) >= 11 is 0. The largest absolute Gasteiger partial charge is 0.351 e. The van der Waals surface area contributed by atoms with Crippen LogP contribution in [0.2, 0.25) is 0 Å². The molecule has 1 aromatic rings. The van der Waals surface area contributed by atoms with Crippen LogP contribution in [0.15, 0.2) is 12.4 Å². The fraction of sp³-hybridized carbons (Fsp3) is 0.600. The highest BCUT2D eigenvalue weighted by Gasteiger charge is 2.21. The number of nitrogens with zero attached hydrogens (tertiary/aromatic N) is 2. The van der Waals surface area contributed by atoms with Crippen LogP contribution in [0, 0.1) is 0 Å². The van der Waals surface area contributed by atoms with E-state index in [1.54, 1.807) is 0 Å². The lowest BCUT2D eigenvalue weighted by Crippen LogP contribution is -2.05. The maximum Gasteiger partial charge on any atom is 0.222 e. The van der Waals surface area contributed by atoms with Crippen molar-refractivity contribution in [3.63, 3.8) is 0 Å². The molecule has 0 amide bonds. The van der Waals surface area contributed by atoms with Crippen LogP contribution in [0.5, 0.6) is 0 Å². The Balaban J connectivity index is 2.04. The van der Waals surface area contributed by atoms with Gasteiger partial charge in [0.25, 0.3) is 0 Å². The van der Waals surface area contributed by atoms with E-state index in [1.165, 1.54) is 18.4 Å². The van der Waals surface area contributed by atoms with Gasteiger partial charge in [0.15, 0.2) is 0 Å². The number of aromatic nitrogens is 2. The van der Waals surface area contributed by atoms with E-state index in [9.17, 15) is 0 Å². The predicted octanol–water partition coefficient (Wildman–Crippen LogP) is 2.17. The fourth-order valence-electron chi connectivity index (χ4n) is 1.12. The molecule has 0 saturated heterocycles. The summed E-state index contributed by atoms with van der Waals surface area (Å²) in [5, 5.41) is 3.26. The highest BCUT2D eigenvalue weighted by Crippen LogP contribution is 2.22. The van der Waals surface area contributed by atoms with Gasteiger partial charge in [-0.15, -0.1) is 0 Å². The number of hydrogen-bond donors (Lipinski definition) is 1. The van der Waals surface area contributed by atoms with Crippen LogP contribution in [0.1, 0.15) is 38.2 Å². The highest BCUT2D eigenvalue weighted by atomic mass is 15.1. The zero-order valence-electron chi connectivity index (χ0n) is 8.12. The maximum absolute atomic E-state index is 4.26. The molecule has 0 atom stereocenters. The third kappa shape index (κ3) is 2.17. The first-order valence-electron chi connectivity index (χ1n) is 4.84. The number of nitrogens with one attached hydrogen (secondary N) is 1. The molecule has 0 aromatic carbocycles. The van der Waals surface area contributed by atoms with Crippen molar-refractivity contribution in [3.05, 3.63) is 18.0 Å². The van der Waals surface area contributed by atoms with Crippen molar-refractivity contribution in [1.82, 2.24) is 9.97 Å². The summed E-state index contributed by atoms with van der Waals surface area (Å²) in [4.78, 5) is 8.52. The molecule has 1 heterocycles. The molecular formula is C10H15N3. The number of rotatable bonds is 3. The molecule has 3 heteroatoms. The van der Waals surface area contributed by atoms with Crippen LogP contribution in [0.25, 0.3) is 0 Å². The first-order valence-corrected chi connectivity index (χ1v) is 4.84. The summed E-state index contributed by atoms with van der Waals surface area (Å²) in [7, 11) is 0. The van der Waals surface area contributed by atoms with Gasteiger partial charge in [-0.1, -0.05) is 13.8 Å². The molecule has 2 rings (SSSR count). The van der Waals surface area contributed by atoms with Crippen LogP contribution in [-0.4, -0.2) is 16.0 Å². The average Bonchev–Trinajstić information content (AvgIpc) is 2.89. The highest BCUT2D eigenvalue weighted by molar-refractivity contribution is 5.28. The summed E-state index contributed by atoms with van der Waals surface area (Å²) in [5.41, 5.74) is 1.20. The van der Waals surface area contributed by atoms with E-state index in [4.69, 9.17) is 0 Å². The number of anilines is 1. The van der Waals surface area contributed by atoms with Gasteiger partial charge in [0, 0.05) is 18.4 Å². The van der Waals surface area contributed by atoms with Crippen molar-refractivity contribution in [2.24, 2.45) is 0 Å². The van der Waals surface area contributed by atoms with Gasteiger partial charge < -0.3 is 5.32 Å². The van der Waals surface area contributed by atoms with Gasteiger partial charge in [0.1, 0.15) is 0 Å². The summed E-state index contributed by atoms with van der Waals surface area (Å²) in [5.74, 6) is 1.28. The minimum absolute atomic E-state index is 0.509. The molecule has 1 aliphatic rings. The Hall–Kier alpha value is -1.12. The lowest BCUT2D eigenvalue weighted by atomic mass is 10.1. The average molecular weight is 177 g/mol. The molecule has 0 aliphatic heterocycles. The summed E-state index contributed by atoms with van der Waals surface area (Å²) in [6, 6.07) is 0.630. The quantitative estimate of drug-likeness (QED) is 0.769. The van der Waals surface area contributed by atoms with Crippen molar-refractivity contribution >= 4 is 5.95 Å². The first-order chi connectivity index (χ1) is 6.25. The van der Waals surface area contributed by atoms with Crippen LogP contribution in [0.3, 0.4) is 0 Å². The first kappa shape index (κ1) is 8.48. The van der Waals surface area contributed by atoms with Crippen molar-refractivity contribution in [1.29, 1.82) is 0 Å². The van der Waals surface area contributed by atoms with E-state index in [-0.39, 0.29) is 0 Å². The second-order valence-corrected chi connectivity index (χ2v) is 3.91. The Bertz CT molecular complexity index is 275. The molecular weight excluding hydrogens is 162 g/mol. The molecule has 0 spiro atoms. The summed E-state index contributed by atoms with van der Waals surface area (Å²) < 4.78 is 0. The van der Waals surface area contributed by atoms with Crippen LogP contribution >= 0.6 is 0 Å². The van der Waals surface area contributed by atoms with Crippen molar-refractivity contribution in [2.75, 3.05) is 5.32 Å². The van der Waals surface area contributed by atoms with E-state index in [1.807, 2.05) is 12.4 Å². The van der Waals surface area contributed by atoms with Gasteiger partial charge >= 0.3 is 0 Å². The monoisotopic (exact) mass is 177 g/mol. The third-order valence-electron chi connectivity index (χ3n) is 2.25. The van der Waals surface area contributed by atoms with E-state index >= 15 is 0 Å². The molecule has 70 valence electrons. The molecule has 0 radical (unpaired) electrons. The number of hydrogen-bond acceptors (Lipinski definition) is 3. The van der Waals surface area contributed by atoms with Crippen LogP contribution < -0.4 is 5.32 Å². The third-order valence-corrected chi connectivity index (χ3v) is 2.25. The molecule has 0 unspecified atom stereocenters. The van der Waals surface area contributed by atoms with Gasteiger partial charge in [-0.05, 0) is 24.3 Å². The topological polar surface area (TPSA) is 37.8 Å². The van der Waals surface area contributed by atoms with E-state index in [2.05, 4.69) is 29.1 Å². The predicted molar refractivity (Wildman–Crippen MR) is 52.8 cm³/mol. The van der Waals surface area contributed by atoms with Gasteiger partial charge in [-0.3, -0.25) is 0 Å². The Morgan fingerprint density at radius 3 is 2.38 bits per heavy atom. The Labute approximate surface area is 78.6 Å². The fourth-order valence-corrected chi connectivity index (χ4v) is 1.12. The smallest absolute Gasteiger partial charge is 0.222 e. The molecule has 1 N–H and O–H groups in total. The SMILES string of the molecule is CC(C)c1cnc(NC2CC2)nc1. The lowest BCUT2D eigenvalue weighted by molar-refractivity contribution is 0.845. The normalized spacial score (nSPS) is 16.2. The van der Waals surface area contributed by atoms with Gasteiger partial charge in [-0.2, -0.15) is 0 Å². The van der Waals surface area contributed by atoms with Crippen molar-refractivity contribution < 1.29 is 0 Å². The molecule has 1 aliphatic carbocycles. The molecule has 1 aromatic heterocycles. The Morgan fingerprint density at radius 1 is 1.31 bits per heavy atom. The Kier molecular flexibility index (Phi) is 2.17. The molecule has 1 saturated carbocycles. The lowest BCUT2D eigenvalue weighted by Gasteiger charge is -2.05. The van der Waals surface area contributed by atoms with E-state index in [0.717, 1.165) is 5.95 Å². The van der Waals surface area contributed by atoms with E-state index in [0.29, 0.717) is 12.0 Å². The Morgan fingerprint density at radius 2 is 1.92 bits per heavy atom. The standard InChI is InChI=1S/C10H15N3/c1-7(2)8-5-11-10(12-6-8)13-9-3-4-9/h5-7,9H,3-4H2,1-2H3,(H,11,12,13). The molecule has 13 heavy (non-hydrogen) atoms. The second kappa shape index (κ2) is 3.32. The summed E-state index contributed by atoms with van der Waals surface area (Å²) in [6.45, 7) is 4.29. The van der Waals surface area contributed by atoms with Crippen molar-refractivity contribution in [2.45, 2.75) is 38.6 Å². The zero-order valence-corrected chi connectivity index (χ0v) is 8.12. The zero-order chi connectivity index (χ0) is 9.26. The van der Waals surface area contributed by atoms with Crippen LogP contribution in [-0.2, 0) is 0 Å². The van der Waals surface area contributed by atoms with Crippen LogP contribution in [0.4, 0.5) is 5.95 Å². The minimum Gasteiger partial charge on any atom is -0.351 e. The van der Waals surface area contributed by atoms with E-state index < -0.39 is 0 Å². The molecule has 0 bridgehead atoms. The molecule has 1 fully saturated rings. The summed E-state index contributed by atoms with van der Waals surface area (Å²) in [6.07, 6.45) is 6.33. The van der Waals surface area contributed by atoms with Gasteiger partial charge in [-0.25, -0.2) is 9.97 Å². The minimum atomic E-state index is 0.509.